The molecule has 0 fully saturated rings. The molecular formula is C21H25NO4. The first-order chi connectivity index (χ1) is 12.4. The number of benzene rings is 2. The zero-order chi connectivity index (χ0) is 18.9. The highest BCUT2D eigenvalue weighted by Gasteiger charge is 2.05. The zero-order valence-electron chi connectivity index (χ0n) is 15.2. The molecule has 138 valence electrons. The van der Waals surface area contributed by atoms with Crippen LogP contribution in [-0.4, -0.2) is 23.6 Å². The van der Waals surface area contributed by atoms with Crippen molar-refractivity contribution in [1.82, 2.24) is 0 Å². The molecule has 0 saturated carbocycles. The first-order valence-corrected chi connectivity index (χ1v) is 8.74. The van der Waals surface area contributed by atoms with Crippen molar-refractivity contribution in [2.45, 2.75) is 39.5 Å². The molecular weight excluding hydrogens is 330 g/mol. The molecule has 0 spiro atoms. The molecule has 0 aromatic heterocycles. The summed E-state index contributed by atoms with van der Waals surface area (Å²) in [5.41, 5.74) is 3.66. The van der Waals surface area contributed by atoms with Crippen molar-refractivity contribution in [2.24, 2.45) is 0 Å². The standard InChI is InChI=1S/C21H25NO4/c1-15-6-7-16(2)19(13-15)26-12-4-3-5-20(23)22-18-10-8-17(9-11-18)14-21(24)25/h6-11,13H,3-5,12,14H2,1-2H3,(H,22,23)(H,24,25). The number of rotatable bonds is 9. The van der Waals surface area contributed by atoms with Crippen LogP contribution in [-0.2, 0) is 16.0 Å². The van der Waals surface area contributed by atoms with Gasteiger partial charge in [0.25, 0.3) is 0 Å². The second kappa shape index (κ2) is 9.61. The summed E-state index contributed by atoms with van der Waals surface area (Å²) in [6.45, 7) is 4.64. The highest BCUT2D eigenvalue weighted by molar-refractivity contribution is 5.90. The Morgan fingerprint density at radius 3 is 2.46 bits per heavy atom. The molecule has 0 aliphatic heterocycles. The van der Waals surface area contributed by atoms with Crippen molar-refractivity contribution in [3.8, 4) is 5.75 Å². The van der Waals surface area contributed by atoms with Crippen LogP contribution in [0.5, 0.6) is 5.75 Å². The topological polar surface area (TPSA) is 75.6 Å². The molecule has 0 unspecified atom stereocenters. The number of hydrogen-bond acceptors (Lipinski definition) is 3. The Morgan fingerprint density at radius 1 is 1.04 bits per heavy atom. The third kappa shape index (κ3) is 6.59. The van der Waals surface area contributed by atoms with Crippen molar-refractivity contribution in [2.75, 3.05) is 11.9 Å². The quantitative estimate of drug-likeness (QED) is 0.664. The van der Waals surface area contributed by atoms with Gasteiger partial charge in [0, 0.05) is 12.1 Å². The lowest BCUT2D eigenvalue weighted by Crippen LogP contribution is -2.12. The summed E-state index contributed by atoms with van der Waals surface area (Å²) in [7, 11) is 0. The largest absolute Gasteiger partial charge is 0.493 e. The average molecular weight is 355 g/mol. The van der Waals surface area contributed by atoms with Crippen LogP contribution < -0.4 is 10.1 Å². The van der Waals surface area contributed by atoms with Gasteiger partial charge in [-0.15, -0.1) is 0 Å². The van der Waals surface area contributed by atoms with E-state index in [2.05, 4.69) is 11.4 Å². The van der Waals surface area contributed by atoms with Crippen molar-refractivity contribution in [3.63, 3.8) is 0 Å². The van der Waals surface area contributed by atoms with Crippen LogP contribution in [0.1, 0.15) is 36.0 Å². The molecule has 0 aliphatic carbocycles. The lowest BCUT2D eigenvalue weighted by molar-refractivity contribution is -0.136. The molecule has 0 heterocycles. The maximum Gasteiger partial charge on any atom is 0.307 e. The van der Waals surface area contributed by atoms with Gasteiger partial charge in [-0.25, -0.2) is 0 Å². The third-order valence-corrected chi connectivity index (χ3v) is 3.99. The van der Waals surface area contributed by atoms with Gasteiger partial charge in [-0.05, 0) is 61.6 Å². The highest BCUT2D eigenvalue weighted by atomic mass is 16.5. The van der Waals surface area contributed by atoms with Crippen LogP contribution in [0, 0.1) is 13.8 Å². The second-order valence-electron chi connectivity index (χ2n) is 6.39. The van der Waals surface area contributed by atoms with Crippen LogP contribution in [0.3, 0.4) is 0 Å². The number of hydrogen-bond donors (Lipinski definition) is 2. The normalized spacial score (nSPS) is 10.4. The summed E-state index contributed by atoms with van der Waals surface area (Å²) < 4.78 is 5.78. The molecule has 26 heavy (non-hydrogen) atoms. The summed E-state index contributed by atoms with van der Waals surface area (Å²) in [6, 6.07) is 13.0. The first-order valence-electron chi connectivity index (χ1n) is 8.74. The van der Waals surface area contributed by atoms with E-state index in [4.69, 9.17) is 9.84 Å². The number of amides is 1. The van der Waals surface area contributed by atoms with Gasteiger partial charge in [-0.3, -0.25) is 9.59 Å². The summed E-state index contributed by atoms with van der Waals surface area (Å²) >= 11 is 0. The maximum atomic E-state index is 12.0. The number of carbonyl (C=O) groups excluding carboxylic acids is 1. The lowest BCUT2D eigenvalue weighted by Gasteiger charge is -2.10. The number of carboxylic acids is 1. The van der Waals surface area contributed by atoms with Crippen LogP contribution >= 0.6 is 0 Å². The molecule has 0 atom stereocenters. The Kier molecular flexibility index (Phi) is 7.21. The number of unbranched alkanes of at least 4 members (excludes halogenated alkanes) is 1. The van der Waals surface area contributed by atoms with Gasteiger partial charge >= 0.3 is 5.97 Å². The number of aryl methyl sites for hydroxylation is 2. The number of carboxylic acid groups (broad SMARTS) is 1. The summed E-state index contributed by atoms with van der Waals surface area (Å²) in [5, 5.41) is 11.6. The maximum absolute atomic E-state index is 12.0. The average Bonchev–Trinajstić information content (AvgIpc) is 2.59. The van der Waals surface area contributed by atoms with Crippen LogP contribution in [0.25, 0.3) is 0 Å². The SMILES string of the molecule is Cc1ccc(C)c(OCCCCC(=O)Nc2ccc(CC(=O)O)cc2)c1. The molecule has 5 heteroatoms. The number of anilines is 1. The Bertz CT molecular complexity index is 753. The van der Waals surface area contributed by atoms with Crippen LogP contribution in [0.4, 0.5) is 5.69 Å². The Labute approximate surface area is 154 Å². The minimum Gasteiger partial charge on any atom is -0.493 e. The monoisotopic (exact) mass is 355 g/mol. The van der Waals surface area contributed by atoms with Crippen molar-refractivity contribution in [1.29, 1.82) is 0 Å². The summed E-state index contributed by atoms with van der Waals surface area (Å²) in [6.07, 6.45) is 1.95. The number of nitrogens with one attached hydrogen (secondary N) is 1. The smallest absolute Gasteiger partial charge is 0.307 e. The van der Waals surface area contributed by atoms with E-state index in [1.165, 1.54) is 5.56 Å². The van der Waals surface area contributed by atoms with Crippen molar-refractivity contribution < 1.29 is 19.4 Å². The Morgan fingerprint density at radius 2 is 1.77 bits per heavy atom. The fraction of sp³-hybridized carbons (Fsp3) is 0.333. The summed E-state index contributed by atoms with van der Waals surface area (Å²) in [4.78, 5) is 22.6. The van der Waals surface area contributed by atoms with E-state index in [1.807, 2.05) is 26.0 Å². The van der Waals surface area contributed by atoms with Crippen molar-refractivity contribution >= 4 is 17.6 Å². The molecule has 0 bridgehead atoms. The lowest BCUT2D eigenvalue weighted by atomic mass is 10.1. The number of carbonyl (C=O) groups is 2. The van der Waals surface area contributed by atoms with Gasteiger partial charge in [0.2, 0.25) is 5.91 Å². The minimum atomic E-state index is -0.870. The van der Waals surface area contributed by atoms with E-state index in [0.717, 1.165) is 24.2 Å². The van der Waals surface area contributed by atoms with E-state index in [-0.39, 0.29) is 12.3 Å². The van der Waals surface area contributed by atoms with Gasteiger partial charge in [0.05, 0.1) is 13.0 Å². The molecule has 2 rings (SSSR count). The third-order valence-electron chi connectivity index (χ3n) is 3.99. The van der Waals surface area contributed by atoms with Gasteiger partial charge in [-0.2, -0.15) is 0 Å². The van der Waals surface area contributed by atoms with Gasteiger partial charge in [-0.1, -0.05) is 24.3 Å². The first kappa shape index (κ1) is 19.5. The fourth-order valence-corrected chi connectivity index (χ4v) is 2.54. The second-order valence-corrected chi connectivity index (χ2v) is 6.39. The highest BCUT2D eigenvalue weighted by Crippen LogP contribution is 2.19. The molecule has 2 aromatic rings. The molecule has 0 aliphatic rings. The van der Waals surface area contributed by atoms with Gasteiger partial charge < -0.3 is 15.2 Å². The van der Waals surface area contributed by atoms with E-state index in [1.54, 1.807) is 24.3 Å². The van der Waals surface area contributed by atoms with Crippen LogP contribution in [0.2, 0.25) is 0 Å². The molecule has 0 radical (unpaired) electrons. The fourth-order valence-electron chi connectivity index (χ4n) is 2.54. The predicted octanol–water partition coefficient (Wildman–Crippen LogP) is 4.12. The molecule has 5 nitrogen and oxygen atoms in total. The minimum absolute atomic E-state index is 0.0192. The molecule has 2 aromatic carbocycles. The summed E-state index contributed by atoms with van der Waals surface area (Å²) in [5.74, 6) is -0.0246. The molecule has 2 N–H and O–H groups in total. The van der Waals surface area contributed by atoms with Gasteiger partial charge in [0.15, 0.2) is 0 Å². The van der Waals surface area contributed by atoms with E-state index < -0.39 is 5.97 Å². The Hall–Kier alpha value is -2.82. The molecule has 1 amide bonds. The van der Waals surface area contributed by atoms with Crippen molar-refractivity contribution in [3.05, 3.63) is 59.2 Å². The zero-order valence-corrected chi connectivity index (χ0v) is 15.2. The van der Waals surface area contributed by atoms with Crippen LogP contribution in [0.15, 0.2) is 42.5 Å². The number of ether oxygens (including phenoxy) is 1. The van der Waals surface area contributed by atoms with Gasteiger partial charge in [0.1, 0.15) is 5.75 Å². The van der Waals surface area contributed by atoms with E-state index >= 15 is 0 Å². The number of aliphatic carboxylic acids is 1. The van der Waals surface area contributed by atoms with E-state index in [9.17, 15) is 9.59 Å². The Balaban J connectivity index is 1.67. The predicted molar refractivity (Wildman–Crippen MR) is 102 cm³/mol. The molecule has 0 saturated heterocycles. The van der Waals surface area contributed by atoms with E-state index in [0.29, 0.717) is 24.3 Å².